The van der Waals surface area contributed by atoms with Crippen molar-refractivity contribution in [3.8, 4) is 0 Å². The minimum atomic E-state index is -4.03. The molecule has 4 heterocycles. The van der Waals surface area contributed by atoms with Crippen LogP contribution in [0, 0.1) is 18.8 Å². The Morgan fingerprint density at radius 1 is 0.861 bits per heavy atom. The first kappa shape index (κ1) is 72.3. The minimum absolute atomic E-state index is 0. The number of aromatic nitrogens is 6. The number of ether oxygens (including phenoxy) is 2. The Labute approximate surface area is 473 Å². The number of nitrogens with two attached hydrogens (primary N) is 1. The van der Waals surface area contributed by atoms with Gasteiger partial charge in [-0.3, -0.25) is 4.18 Å². The zero-order valence-electron chi connectivity index (χ0n) is 42.8. The summed E-state index contributed by atoms with van der Waals surface area (Å²) in [5.74, 6) is 2.81. The molecule has 21 nitrogen and oxygen atoms in total. The molecular formula is C46H81N10Na2O11P2S+. The molecule has 0 radical (unpaired) electrons. The van der Waals surface area contributed by atoms with Crippen molar-refractivity contribution in [2.45, 2.75) is 124 Å². The van der Waals surface area contributed by atoms with E-state index in [9.17, 15) is 37.5 Å². The van der Waals surface area contributed by atoms with Gasteiger partial charge in [-0.15, -0.1) is 0 Å². The molecule has 0 spiro atoms. The first-order valence-corrected chi connectivity index (χ1v) is 28.2. The number of quaternary nitrogens is 1. The van der Waals surface area contributed by atoms with Crippen molar-refractivity contribution in [1.82, 2.24) is 34.0 Å². The number of aryl methyl sites for hydroxylation is 1. The molecule has 5 rings (SSSR count). The zero-order valence-corrected chi connectivity index (χ0v) is 49.4. The molecule has 0 bridgehead atoms. The molecule has 398 valence electrons. The number of methoxy groups -OCH3 is 1. The van der Waals surface area contributed by atoms with Crippen molar-refractivity contribution in [2.75, 3.05) is 77.0 Å². The third-order valence-electron chi connectivity index (χ3n) is 10.7. The van der Waals surface area contributed by atoms with Crippen LogP contribution in [0.2, 0.25) is 0 Å². The van der Waals surface area contributed by atoms with Gasteiger partial charge in [-0.05, 0) is 56.1 Å². The van der Waals surface area contributed by atoms with E-state index >= 15 is 0 Å². The van der Waals surface area contributed by atoms with Crippen LogP contribution in [-0.4, -0.2) is 133 Å². The normalized spacial score (nSPS) is 16.2. The first-order chi connectivity index (χ1) is 32.0. The molecule has 26 heteroatoms. The van der Waals surface area contributed by atoms with Gasteiger partial charge in [0.15, 0.2) is 29.3 Å². The summed E-state index contributed by atoms with van der Waals surface area (Å²) in [5.41, 5.74) is 8.63. The van der Waals surface area contributed by atoms with Gasteiger partial charge in [0, 0.05) is 28.9 Å². The van der Waals surface area contributed by atoms with Crippen LogP contribution >= 0.6 is 14.7 Å². The van der Waals surface area contributed by atoms with Gasteiger partial charge in [0.2, 0.25) is 0 Å². The summed E-state index contributed by atoms with van der Waals surface area (Å²) in [4.78, 5) is 49.0. The smallest absolute Gasteiger partial charge is 0.798 e. The van der Waals surface area contributed by atoms with E-state index in [2.05, 4.69) is 62.9 Å². The topological polar surface area (TPSA) is 302 Å². The second-order valence-electron chi connectivity index (χ2n) is 18.0. The molecule has 72 heavy (non-hydrogen) atoms. The Morgan fingerprint density at radius 2 is 1.43 bits per heavy atom. The number of aliphatic imine (C=N–C) groups is 1. The van der Waals surface area contributed by atoms with E-state index in [4.69, 9.17) is 19.4 Å². The van der Waals surface area contributed by atoms with Crippen LogP contribution in [0.25, 0.3) is 11.2 Å². The maximum atomic E-state index is 12.3. The number of anilines is 2. The molecule has 0 saturated carbocycles. The maximum absolute atomic E-state index is 12.3. The number of rotatable bonds is 27. The molecule has 5 N–H and O–H groups in total. The molecule has 3 aromatic heterocycles. The van der Waals surface area contributed by atoms with Gasteiger partial charge in [-0.25, -0.2) is 24.4 Å². The fraction of sp³-hybridized carbons (Fsp3) is 0.652. The van der Waals surface area contributed by atoms with E-state index in [1.54, 1.807) is 43.5 Å². The molecule has 1 aliphatic rings. The first-order valence-electron chi connectivity index (χ1n) is 22.8. The van der Waals surface area contributed by atoms with E-state index in [0.717, 1.165) is 44.1 Å². The molecule has 1 aliphatic heterocycles. The average Bonchev–Trinajstić information content (AvgIpc) is 3.85. The number of nitrogens with one attached hydrogen (secondary N) is 1. The number of aliphatic hydroxyl groups excluding tert-OH is 2. The van der Waals surface area contributed by atoms with Crippen molar-refractivity contribution in [1.29, 1.82) is 0 Å². The molecule has 0 aliphatic carbocycles. The standard InChI is InChI=1S/C18H32N5O4P.C16H27O5PS.C10H15N5O2.2CH4.2Na/c1-14(2)7-5-4-6-8-28(25,26)13-27-15(10-24)9-23(3)12-22-16-17(19)20-11-21-18(16)23;1-14(2)7-5-4-6-12-22(17,18)13-21-23(19,20)16-10-8-15(3)9-11-16;1-11-9-8-10(13-5-12-9)15(6-14-8)3-7(16)4-17-2;;;;/h11-12,14-15,24H,4-10,13H2,1-3H3,(H2-,19,20,21,25,26);8-11,14H,4-7,12-13H2,1-3H3,(H,17,18);5-7,16H,3-4H2,1-2H3,(H,11,12,13);2*1H4;;/q;;;;;2*+1/p-1/t15-,23?;;7-;;;;/m0.0..../s1. The Hall–Kier alpha value is -1.79. The Morgan fingerprint density at radius 3 is 1.97 bits per heavy atom. The zero-order chi connectivity index (χ0) is 50.5. The summed E-state index contributed by atoms with van der Waals surface area (Å²) in [6.07, 6.45) is 11.0. The third kappa shape index (κ3) is 25.4. The summed E-state index contributed by atoms with van der Waals surface area (Å²) in [6.45, 7) is 11.1. The number of nitrogen functional groups attached to an aromatic ring is 1. The number of unbranched alkanes of at least 4 members (excludes halogenated alkanes) is 4. The molecule has 0 fully saturated rings. The Kier molecular flexibility index (Phi) is 35.7. The van der Waals surface area contributed by atoms with Gasteiger partial charge < -0.3 is 54.2 Å². The van der Waals surface area contributed by atoms with E-state index in [0.29, 0.717) is 59.7 Å². The molecule has 0 amide bonds. The number of likely N-dealkylation sites (N-methyl/N-ethyl adjacent to an activating group) is 1. The SMILES string of the molecule is C.C.CC(C)CCCCCP(=O)([O-])CO[C@H](CO)C[N+]1(C)C=Nc2c(N)ncnc21.CNc1ncnc2c1ncn2C[C@H](O)COC.Cc1ccc(S(=O)(=O)OCP(=O)([O-])CCCCCC(C)C)cc1.[Na+].[Na+]. The van der Waals surface area contributed by atoms with Gasteiger partial charge in [0.05, 0.1) is 50.5 Å². The summed E-state index contributed by atoms with van der Waals surface area (Å²) >= 11 is 0. The van der Waals surface area contributed by atoms with Crippen LogP contribution in [0.4, 0.5) is 23.1 Å². The van der Waals surface area contributed by atoms with Crippen LogP contribution in [0.15, 0.2) is 53.1 Å². The summed E-state index contributed by atoms with van der Waals surface area (Å²) in [6, 6.07) is 6.10. The number of imidazole rings is 1. The predicted molar refractivity (Wildman–Crippen MR) is 276 cm³/mol. The molecule has 1 aromatic carbocycles. The number of fused-ring (bicyclic) bond motifs is 2. The predicted octanol–water partition coefficient (Wildman–Crippen LogP) is 0.527. The van der Waals surface area contributed by atoms with Crippen LogP contribution in [0.1, 0.15) is 99.5 Å². The number of hydrogen-bond acceptors (Lipinski definition) is 19. The minimum Gasteiger partial charge on any atom is -0.798 e. The fourth-order valence-corrected chi connectivity index (χ4v) is 10.9. The third-order valence-corrected chi connectivity index (χ3v) is 15.2. The largest absolute Gasteiger partial charge is 1.00 e. The van der Waals surface area contributed by atoms with Gasteiger partial charge in [-0.1, -0.05) is 98.8 Å². The number of aliphatic hydroxyl groups is 2. The quantitative estimate of drug-likeness (QED) is 0.0208. The Balaban J connectivity index is 0. The van der Waals surface area contributed by atoms with Crippen molar-refractivity contribution >= 4 is 65.5 Å². The van der Waals surface area contributed by atoms with Gasteiger partial charge in [0.25, 0.3) is 15.9 Å². The van der Waals surface area contributed by atoms with E-state index in [1.807, 2.05) is 14.0 Å². The van der Waals surface area contributed by atoms with Gasteiger partial charge in [-0.2, -0.15) is 18.4 Å². The summed E-state index contributed by atoms with van der Waals surface area (Å²) < 4.78 is 65.2. The van der Waals surface area contributed by atoms with Gasteiger partial charge in [0.1, 0.15) is 37.2 Å². The molecule has 0 saturated heterocycles. The van der Waals surface area contributed by atoms with Gasteiger partial charge >= 0.3 is 59.1 Å². The summed E-state index contributed by atoms with van der Waals surface area (Å²) in [7, 11) is -6.32. The van der Waals surface area contributed by atoms with Crippen LogP contribution in [0.5, 0.6) is 0 Å². The van der Waals surface area contributed by atoms with E-state index < -0.39 is 43.4 Å². The Bertz CT molecular complexity index is 2390. The molecular weight excluding hydrogens is 1010 g/mol. The average molecular weight is 1090 g/mol. The van der Waals surface area contributed by atoms with Crippen LogP contribution in [-0.2, 0) is 39.4 Å². The van der Waals surface area contributed by atoms with E-state index in [1.165, 1.54) is 24.8 Å². The summed E-state index contributed by atoms with van der Waals surface area (Å²) in [5, 5.41) is 22.3. The van der Waals surface area contributed by atoms with Crippen molar-refractivity contribution < 1.29 is 110 Å². The molecule has 3 unspecified atom stereocenters. The van der Waals surface area contributed by atoms with E-state index in [-0.39, 0.29) is 128 Å². The number of benzene rings is 1. The van der Waals surface area contributed by atoms with Crippen molar-refractivity contribution in [3.05, 3.63) is 48.8 Å². The molecule has 4 aromatic rings. The molecule has 5 atom stereocenters. The second-order valence-corrected chi connectivity index (χ2v) is 24.2. The monoisotopic (exact) mass is 1090 g/mol. The van der Waals surface area contributed by atoms with Crippen molar-refractivity contribution in [2.24, 2.45) is 16.8 Å². The van der Waals surface area contributed by atoms with Crippen LogP contribution < -0.4 is 84.4 Å². The van der Waals surface area contributed by atoms with Crippen LogP contribution in [0.3, 0.4) is 0 Å². The fourth-order valence-electron chi connectivity index (χ4n) is 6.94. The van der Waals surface area contributed by atoms with Crippen molar-refractivity contribution in [3.63, 3.8) is 0 Å². The maximum Gasteiger partial charge on any atom is 1.00 e. The number of nitrogens with zero attached hydrogens (tertiary/aromatic N) is 8. The number of hydrogen-bond donors (Lipinski definition) is 4. The second kappa shape index (κ2) is 35.5.